The highest BCUT2D eigenvalue weighted by atomic mass is 16.6. The first kappa shape index (κ1) is 14.3. The molecule has 1 saturated heterocycles. The van der Waals surface area contributed by atoms with Crippen LogP contribution in [0, 0.1) is 0 Å². The van der Waals surface area contributed by atoms with E-state index in [1.165, 1.54) is 0 Å². The molecule has 1 rings (SSSR count). The maximum absolute atomic E-state index is 11.5. The average molecular weight is 244 g/mol. The predicted octanol–water partition coefficient (Wildman–Crippen LogP) is 1.41. The first-order valence-corrected chi connectivity index (χ1v) is 6.14. The third kappa shape index (κ3) is 5.37. The largest absolute Gasteiger partial charge is 0.444 e. The molecule has 0 aromatic heterocycles. The van der Waals surface area contributed by atoms with E-state index in [9.17, 15) is 4.79 Å². The van der Waals surface area contributed by atoms with Crippen LogP contribution in [0.2, 0.25) is 0 Å². The second-order valence-electron chi connectivity index (χ2n) is 5.65. The Labute approximate surface area is 103 Å². The molecule has 1 amide bonds. The summed E-state index contributed by atoms with van der Waals surface area (Å²) in [7, 11) is 0. The summed E-state index contributed by atoms with van der Waals surface area (Å²) in [5, 5.41) is 2.81. The monoisotopic (exact) mass is 244 g/mol. The van der Waals surface area contributed by atoms with Crippen molar-refractivity contribution in [2.45, 2.75) is 64.3 Å². The Morgan fingerprint density at radius 1 is 1.47 bits per heavy atom. The third-order valence-corrected chi connectivity index (χ3v) is 2.62. The van der Waals surface area contributed by atoms with Crippen LogP contribution in [0.3, 0.4) is 0 Å². The van der Waals surface area contributed by atoms with Crippen LogP contribution in [0.15, 0.2) is 0 Å². The number of ether oxygens (including phenoxy) is 2. The van der Waals surface area contributed by atoms with E-state index < -0.39 is 5.60 Å². The lowest BCUT2D eigenvalue weighted by Crippen LogP contribution is -2.47. The SMILES string of the molecule is CC(N)[C@@H]1CC[C@@H](NC(=O)OC(C)(C)C)CO1. The van der Waals surface area contributed by atoms with Gasteiger partial charge in [-0.1, -0.05) is 0 Å². The molecule has 1 fully saturated rings. The number of hydrogen-bond donors (Lipinski definition) is 2. The summed E-state index contributed by atoms with van der Waals surface area (Å²) in [5.41, 5.74) is 5.30. The number of carbonyl (C=O) groups excluding carboxylic acids is 1. The van der Waals surface area contributed by atoms with Crippen molar-refractivity contribution < 1.29 is 14.3 Å². The number of nitrogens with one attached hydrogen (secondary N) is 1. The van der Waals surface area contributed by atoms with Gasteiger partial charge in [0.15, 0.2) is 0 Å². The van der Waals surface area contributed by atoms with Gasteiger partial charge in [-0.2, -0.15) is 0 Å². The predicted molar refractivity (Wildman–Crippen MR) is 65.8 cm³/mol. The van der Waals surface area contributed by atoms with E-state index in [1.807, 2.05) is 27.7 Å². The number of hydrogen-bond acceptors (Lipinski definition) is 4. The molecular formula is C12H24N2O3. The molecule has 0 aliphatic carbocycles. The zero-order valence-electron chi connectivity index (χ0n) is 11.2. The summed E-state index contributed by atoms with van der Waals surface area (Å²) < 4.78 is 10.8. The van der Waals surface area contributed by atoms with Crippen molar-refractivity contribution in [1.29, 1.82) is 0 Å². The van der Waals surface area contributed by atoms with Gasteiger partial charge >= 0.3 is 6.09 Å². The number of nitrogens with two attached hydrogens (primary N) is 1. The van der Waals surface area contributed by atoms with Gasteiger partial charge in [-0.15, -0.1) is 0 Å². The molecule has 5 heteroatoms. The fraction of sp³-hybridized carbons (Fsp3) is 0.917. The van der Waals surface area contributed by atoms with E-state index in [2.05, 4.69) is 5.32 Å². The third-order valence-electron chi connectivity index (χ3n) is 2.62. The molecule has 3 atom stereocenters. The first-order chi connectivity index (χ1) is 7.78. The van der Waals surface area contributed by atoms with Gasteiger partial charge in [-0.3, -0.25) is 0 Å². The van der Waals surface area contributed by atoms with Crippen LogP contribution in [-0.4, -0.2) is 36.5 Å². The molecule has 0 aromatic carbocycles. The zero-order chi connectivity index (χ0) is 13.1. The highest BCUT2D eigenvalue weighted by Gasteiger charge is 2.26. The summed E-state index contributed by atoms with van der Waals surface area (Å²) >= 11 is 0. The minimum absolute atomic E-state index is 0.0276. The van der Waals surface area contributed by atoms with Gasteiger partial charge in [-0.05, 0) is 40.5 Å². The van der Waals surface area contributed by atoms with Crippen LogP contribution >= 0.6 is 0 Å². The Hall–Kier alpha value is -0.810. The summed E-state index contributed by atoms with van der Waals surface area (Å²) in [6.07, 6.45) is 1.47. The van der Waals surface area contributed by atoms with E-state index in [0.29, 0.717) is 6.61 Å². The van der Waals surface area contributed by atoms with Crippen molar-refractivity contribution in [3.8, 4) is 0 Å². The van der Waals surface area contributed by atoms with Crippen molar-refractivity contribution in [1.82, 2.24) is 5.32 Å². The highest BCUT2D eigenvalue weighted by Crippen LogP contribution is 2.16. The molecule has 1 aliphatic heterocycles. The van der Waals surface area contributed by atoms with Gasteiger partial charge in [0.2, 0.25) is 0 Å². The molecule has 17 heavy (non-hydrogen) atoms. The quantitative estimate of drug-likeness (QED) is 0.770. The topological polar surface area (TPSA) is 73.6 Å². The maximum atomic E-state index is 11.5. The van der Waals surface area contributed by atoms with Crippen LogP contribution in [0.5, 0.6) is 0 Å². The minimum Gasteiger partial charge on any atom is -0.444 e. The lowest BCUT2D eigenvalue weighted by atomic mass is 10.0. The Morgan fingerprint density at radius 3 is 2.53 bits per heavy atom. The second kappa shape index (κ2) is 5.69. The number of amides is 1. The lowest BCUT2D eigenvalue weighted by molar-refractivity contribution is -0.0171. The van der Waals surface area contributed by atoms with Crippen LogP contribution in [0.4, 0.5) is 4.79 Å². The molecule has 0 spiro atoms. The van der Waals surface area contributed by atoms with Gasteiger partial charge in [0.05, 0.1) is 18.8 Å². The van der Waals surface area contributed by atoms with E-state index in [-0.39, 0.29) is 24.3 Å². The zero-order valence-corrected chi connectivity index (χ0v) is 11.2. The first-order valence-electron chi connectivity index (χ1n) is 6.14. The smallest absolute Gasteiger partial charge is 0.407 e. The van der Waals surface area contributed by atoms with E-state index in [4.69, 9.17) is 15.2 Å². The van der Waals surface area contributed by atoms with Crippen LogP contribution in [0.1, 0.15) is 40.5 Å². The number of carbonyl (C=O) groups is 1. The summed E-state index contributed by atoms with van der Waals surface area (Å²) in [4.78, 5) is 11.5. The number of alkyl carbamates (subject to hydrolysis) is 1. The normalized spacial score (nSPS) is 27.4. The minimum atomic E-state index is -0.464. The Bertz CT molecular complexity index is 253. The Morgan fingerprint density at radius 2 is 2.12 bits per heavy atom. The Balaban J connectivity index is 2.29. The molecule has 100 valence electrons. The van der Waals surface area contributed by atoms with Gasteiger partial charge in [0.25, 0.3) is 0 Å². The van der Waals surface area contributed by atoms with Crippen molar-refractivity contribution in [3.63, 3.8) is 0 Å². The van der Waals surface area contributed by atoms with E-state index in [1.54, 1.807) is 0 Å². The van der Waals surface area contributed by atoms with Crippen molar-refractivity contribution in [2.75, 3.05) is 6.61 Å². The molecule has 5 nitrogen and oxygen atoms in total. The summed E-state index contributed by atoms with van der Waals surface area (Å²) in [5.74, 6) is 0. The van der Waals surface area contributed by atoms with Crippen molar-refractivity contribution in [2.24, 2.45) is 5.73 Å². The van der Waals surface area contributed by atoms with Crippen molar-refractivity contribution in [3.05, 3.63) is 0 Å². The standard InChI is InChI=1S/C12H24N2O3/c1-8(13)10-6-5-9(7-16-10)14-11(15)17-12(2,3)4/h8-10H,5-7,13H2,1-4H3,(H,14,15)/t8?,9-,10+/m1/s1. The van der Waals surface area contributed by atoms with Gasteiger partial charge < -0.3 is 20.5 Å². The number of rotatable bonds is 2. The van der Waals surface area contributed by atoms with Gasteiger partial charge in [-0.25, -0.2) is 4.79 Å². The molecule has 1 heterocycles. The molecule has 1 aliphatic rings. The van der Waals surface area contributed by atoms with E-state index >= 15 is 0 Å². The van der Waals surface area contributed by atoms with Crippen LogP contribution in [-0.2, 0) is 9.47 Å². The molecular weight excluding hydrogens is 220 g/mol. The molecule has 0 aromatic rings. The molecule has 1 unspecified atom stereocenters. The molecule has 0 radical (unpaired) electrons. The summed E-state index contributed by atoms with van der Waals surface area (Å²) in [6.45, 7) is 7.97. The van der Waals surface area contributed by atoms with Crippen molar-refractivity contribution >= 4 is 6.09 Å². The van der Waals surface area contributed by atoms with Crippen LogP contribution < -0.4 is 11.1 Å². The second-order valence-corrected chi connectivity index (χ2v) is 5.65. The van der Waals surface area contributed by atoms with Gasteiger partial charge in [0, 0.05) is 6.04 Å². The molecule has 0 saturated carbocycles. The fourth-order valence-corrected chi connectivity index (χ4v) is 1.77. The Kier molecular flexibility index (Phi) is 4.77. The average Bonchev–Trinajstić information content (AvgIpc) is 2.15. The highest BCUT2D eigenvalue weighted by molar-refractivity contribution is 5.68. The molecule has 0 bridgehead atoms. The fourth-order valence-electron chi connectivity index (χ4n) is 1.77. The van der Waals surface area contributed by atoms with Crippen LogP contribution in [0.25, 0.3) is 0 Å². The lowest BCUT2D eigenvalue weighted by Gasteiger charge is -2.32. The maximum Gasteiger partial charge on any atom is 0.407 e. The van der Waals surface area contributed by atoms with Gasteiger partial charge in [0.1, 0.15) is 5.60 Å². The van der Waals surface area contributed by atoms with E-state index in [0.717, 1.165) is 12.8 Å². The summed E-state index contributed by atoms with van der Waals surface area (Å²) in [6, 6.07) is 0.0670. The molecule has 3 N–H and O–H groups in total.